The van der Waals surface area contributed by atoms with Crippen LogP contribution in [-0.2, 0) is 29.7 Å². The number of nitrogens with zero attached hydrogens (tertiary/aromatic N) is 1. The van der Waals surface area contributed by atoms with Crippen LogP contribution in [0.25, 0.3) is 10.8 Å². The molecule has 0 atom stereocenters. The number of sulfonamides is 1. The molecule has 0 radical (unpaired) electrons. The van der Waals surface area contributed by atoms with Crippen molar-refractivity contribution in [3.63, 3.8) is 0 Å². The van der Waals surface area contributed by atoms with E-state index in [1.54, 1.807) is 67.9 Å². The number of carboxylic acids is 1. The molecule has 2 amide bonds. The number of carboxylic acid groups (broad SMARTS) is 1. The molecule has 4 aromatic carbocycles. The molecule has 60 heavy (non-hydrogen) atoms. The zero-order valence-corrected chi connectivity index (χ0v) is 35.0. The van der Waals surface area contributed by atoms with Gasteiger partial charge in [0.05, 0.1) is 57.4 Å². The number of ether oxygens (including phenoxy) is 6. The quantitative estimate of drug-likeness (QED) is 0.0499. The van der Waals surface area contributed by atoms with E-state index in [-0.39, 0.29) is 49.0 Å². The molecule has 0 aliphatic heterocycles. The van der Waals surface area contributed by atoms with Crippen molar-refractivity contribution in [2.75, 3.05) is 67.6 Å². The van der Waals surface area contributed by atoms with Crippen LogP contribution in [0.3, 0.4) is 0 Å². The van der Waals surface area contributed by atoms with E-state index in [4.69, 9.17) is 28.4 Å². The number of urea groups is 1. The molecule has 1 aliphatic carbocycles. The third-order valence-electron chi connectivity index (χ3n) is 9.38. The summed E-state index contributed by atoms with van der Waals surface area (Å²) < 4.78 is 61.2. The number of carbonyl (C=O) groups is 2. The molecular formula is C43H49N5O11S. The third-order valence-corrected chi connectivity index (χ3v) is 9.97. The third kappa shape index (κ3) is 11.2. The molecule has 1 fully saturated rings. The largest absolute Gasteiger partial charge is 0.497 e. The number of aliphatic carboxylic acids is 1. The number of hydrogen-bond acceptors (Lipinski definition) is 12. The smallest absolute Gasteiger partial charge is 0.335 e. The summed E-state index contributed by atoms with van der Waals surface area (Å²) >= 11 is 0. The van der Waals surface area contributed by atoms with E-state index in [0.29, 0.717) is 58.4 Å². The Morgan fingerprint density at radius 2 is 1.50 bits per heavy atom. The number of pyridine rings is 1. The second-order valence-corrected chi connectivity index (χ2v) is 16.8. The molecule has 5 N–H and O–H groups in total. The van der Waals surface area contributed by atoms with Gasteiger partial charge in [-0.05, 0) is 54.2 Å². The number of benzene rings is 4. The number of anilines is 5. The van der Waals surface area contributed by atoms with Crippen LogP contribution < -0.4 is 39.6 Å². The number of amides is 2. The van der Waals surface area contributed by atoms with Gasteiger partial charge in [0.25, 0.3) is 0 Å². The molecule has 17 heteroatoms. The first kappa shape index (κ1) is 43.3. The SMILES string of the molecule is COc1cc(Nc2cc(Oc3ccc(NC(=O)Nc4cc(C(C)(C)C)cc(NS(C)(=O)=O)c4OC)c4ccccc34)ccn2)cc(OCCOCCOC2(C(=O)O)CC2)c1. The fraction of sp³-hybridized carbons (Fsp3) is 0.326. The van der Waals surface area contributed by atoms with Gasteiger partial charge < -0.3 is 49.5 Å². The Morgan fingerprint density at radius 3 is 2.18 bits per heavy atom. The number of fused-ring (bicyclic) bond motifs is 1. The zero-order chi connectivity index (χ0) is 43.1. The van der Waals surface area contributed by atoms with E-state index in [0.717, 1.165) is 17.2 Å². The Kier molecular flexibility index (Phi) is 13.2. The van der Waals surface area contributed by atoms with Crippen molar-refractivity contribution < 1.29 is 51.5 Å². The van der Waals surface area contributed by atoms with Crippen LogP contribution in [0.4, 0.5) is 33.4 Å². The summed E-state index contributed by atoms with van der Waals surface area (Å²) in [5.41, 5.74) is 1.00. The second-order valence-electron chi connectivity index (χ2n) is 15.1. The van der Waals surface area contributed by atoms with Gasteiger partial charge in [-0.3, -0.25) is 4.72 Å². The van der Waals surface area contributed by atoms with Gasteiger partial charge in [-0.15, -0.1) is 0 Å². The first-order valence-corrected chi connectivity index (χ1v) is 20.9. The monoisotopic (exact) mass is 843 g/mol. The minimum Gasteiger partial charge on any atom is -0.497 e. The molecule has 318 valence electrons. The topological polar surface area (TPSA) is 205 Å². The number of nitrogens with one attached hydrogen (secondary N) is 4. The summed E-state index contributed by atoms with van der Waals surface area (Å²) in [6.07, 6.45) is 3.69. The van der Waals surface area contributed by atoms with Crippen molar-refractivity contribution in [2.45, 2.75) is 44.6 Å². The van der Waals surface area contributed by atoms with E-state index >= 15 is 0 Å². The maximum Gasteiger partial charge on any atom is 0.335 e. The van der Waals surface area contributed by atoms with Gasteiger partial charge in [0, 0.05) is 46.9 Å². The van der Waals surface area contributed by atoms with Crippen molar-refractivity contribution in [2.24, 2.45) is 0 Å². The molecule has 0 saturated heterocycles. The van der Waals surface area contributed by atoms with Gasteiger partial charge in [-0.2, -0.15) is 0 Å². The Morgan fingerprint density at radius 1 is 0.800 bits per heavy atom. The zero-order valence-electron chi connectivity index (χ0n) is 34.2. The van der Waals surface area contributed by atoms with Crippen molar-refractivity contribution in [3.05, 3.63) is 90.6 Å². The predicted octanol–water partition coefficient (Wildman–Crippen LogP) is 8.13. The summed E-state index contributed by atoms with van der Waals surface area (Å²) in [4.78, 5) is 29.2. The molecule has 1 aliphatic rings. The van der Waals surface area contributed by atoms with Crippen molar-refractivity contribution in [1.82, 2.24) is 4.98 Å². The van der Waals surface area contributed by atoms with Gasteiger partial charge in [-0.1, -0.05) is 45.0 Å². The molecule has 6 rings (SSSR count). The minimum atomic E-state index is -3.65. The summed E-state index contributed by atoms with van der Waals surface area (Å²) in [6, 6.07) is 22.6. The number of rotatable bonds is 19. The van der Waals surface area contributed by atoms with E-state index in [9.17, 15) is 23.1 Å². The van der Waals surface area contributed by atoms with E-state index in [1.165, 1.54) is 7.11 Å². The first-order valence-electron chi connectivity index (χ1n) is 19.0. The van der Waals surface area contributed by atoms with Gasteiger partial charge in [0.1, 0.15) is 35.4 Å². The van der Waals surface area contributed by atoms with Crippen LogP contribution in [0, 0.1) is 0 Å². The predicted molar refractivity (Wildman–Crippen MR) is 229 cm³/mol. The van der Waals surface area contributed by atoms with Gasteiger partial charge in [0.15, 0.2) is 11.4 Å². The molecule has 0 unspecified atom stereocenters. The van der Waals surface area contributed by atoms with Crippen molar-refractivity contribution in [1.29, 1.82) is 0 Å². The molecule has 16 nitrogen and oxygen atoms in total. The lowest BCUT2D eigenvalue weighted by molar-refractivity contribution is -0.154. The van der Waals surface area contributed by atoms with Gasteiger partial charge in [0.2, 0.25) is 10.0 Å². The van der Waals surface area contributed by atoms with Crippen LogP contribution >= 0.6 is 0 Å². The molecule has 1 heterocycles. The highest BCUT2D eigenvalue weighted by atomic mass is 32.2. The van der Waals surface area contributed by atoms with Crippen LogP contribution in [0.5, 0.6) is 28.7 Å². The number of carbonyl (C=O) groups excluding carboxylic acids is 1. The number of hydrogen-bond donors (Lipinski definition) is 5. The summed E-state index contributed by atoms with van der Waals surface area (Å²) in [5.74, 6) is 1.83. The van der Waals surface area contributed by atoms with Gasteiger partial charge >= 0.3 is 12.0 Å². The van der Waals surface area contributed by atoms with E-state index in [2.05, 4.69) is 25.7 Å². The van der Waals surface area contributed by atoms with E-state index in [1.807, 2.05) is 45.0 Å². The molecule has 1 aromatic heterocycles. The Labute approximate surface area is 348 Å². The highest BCUT2D eigenvalue weighted by Crippen LogP contribution is 2.41. The van der Waals surface area contributed by atoms with Crippen molar-refractivity contribution in [3.8, 4) is 28.7 Å². The Bertz CT molecular complexity index is 2470. The average molecular weight is 844 g/mol. The summed E-state index contributed by atoms with van der Waals surface area (Å²) in [7, 11) is -0.695. The maximum absolute atomic E-state index is 13.5. The lowest BCUT2D eigenvalue weighted by Gasteiger charge is -2.24. The highest BCUT2D eigenvalue weighted by Gasteiger charge is 2.51. The first-order chi connectivity index (χ1) is 28.6. The standard InChI is InChI=1S/C43H49N5O11S/c1-42(2,3)27-21-35(39(55-5)36(22-27)48-60(6,52)53)47-41(51)46-34-11-12-37(33-10-8-7-9-32(33)34)59-29-13-16-44-38(26-29)45-28-23-30(54-4)25-31(24-28)57-19-17-56-18-20-58-43(14-15-43)40(49)50/h7-13,16,21-26,48H,14-15,17-20H2,1-6H3,(H,44,45)(H,49,50)(H2,46,47,51). The number of methoxy groups -OCH3 is 2. The number of aromatic nitrogens is 1. The normalized spacial score (nSPS) is 13.2. The van der Waals surface area contributed by atoms with Crippen LogP contribution in [0.2, 0.25) is 0 Å². The lowest BCUT2D eigenvalue weighted by atomic mass is 9.86. The van der Waals surface area contributed by atoms with Gasteiger partial charge in [-0.25, -0.2) is 23.0 Å². The Hall–Kier alpha value is -6.30. The highest BCUT2D eigenvalue weighted by molar-refractivity contribution is 7.92. The molecular weight excluding hydrogens is 795 g/mol. The van der Waals surface area contributed by atoms with Crippen LogP contribution in [0.1, 0.15) is 39.2 Å². The Balaban J connectivity index is 1.11. The second kappa shape index (κ2) is 18.3. The summed E-state index contributed by atoms with van der Waals surface area (Å²) in [5, 5.41) is 19.7. The van der Waals surface area contributed by atoms with Crippen LogP contribution in [0.15, 0.2) is 85.1 Å². The summed E-state index contributed by atoms with van der Waals surface area (Å²) in [6.45, 7) is 6.90. The maximum atomic E-state index is 13.5. The van der Waals surface area contributed by atoms with Crippen molar-refractivity contribution >= 4 is 61.4 Å². The fourth-order valence-electron chi connectivity index (χ4n) is 6.21. The average Bonchev–Trinajstić information content (AvgIpc) is 3.99. The lowest BCUT2D eigenvalue weighted by Crippen LogP contribution is -2.27. The fourth-order valence-corrected chi connectivity index (χ4v) is 6.76. The van der Waals surface area contributed by atoms with Crippen LogP contribution in [-0.4, -0.2) is 83.0 Å². The molecule has 0 bridgehead atoms. The molecule has 1 saturated carbocycles. The minimum absolute atomic E-state index is 0.163. The van der Waals surface area contributed by atoms with E-state index < -0.39 is 27.6 Å². The molecule has 5 aromatic rings. The molecule has 0 spiro atoms.